The van der Waals surface area contributed by atoms with Crippen LogP contribution in [-0.2, 0) is 14.3 Å². The summed E-state index contributed by atoms with van der Waals surface area (Å²) in [6.45, 7) is 1.75. The molecular formula is C15H13ClFNaO4. The molecule has 0 spiro atoms. The zero-order chi connectivity index (χ0) is 15.6. The van der Waals surface area contributed by atoms with Crippen molar-refractivity contribution >= 4 is 23.4 Å². The summed E-state index contributed by atoms with van der Waals surface area (Å²) >= 11 is 5.62. The van der Waals surface area contributed by atoms with Gasteiger partial charge in [-0.2, -0.15) is 0 Å². The quantitative estimate of drug-likeness (QED) is 0.523. The predicted octanol–water partition coefficient (Wildman–Crippen LogP) is -1.04. The topological polar surface area (TPSA) is 66.4 Å². The third-order valence-corrected chi connectivity index (χ3v) is 3.65. The van der Waals surface area contributed by atoms with Crippen molar-refractivity contribution in [2.75, 3.05) is 6.61 Å². The molecule has 4 nitrogen and oxygen atoms in total. The zero-order valence-corrected chi connectivity index (χ0v) is 15.0. The molecule has 1 aromatic carbocycles. The van der Waals surface area contributed by atoms with Crippen LogP contribution in [0.3, 0.4) is 0 Å². The molecule has 2 atom stereocenters. The van der Waals surface area contributed by atoms with Crippen molar-refractivity contribution in [3.8, 4) is 0 Å². The van der Waals surface area contributed by atoms with E-state index >= 15 is 0 Å². The number of ether oxygens (including phenoxy) is 1. The van der Waals surface area contributed by atoms with Gasteiger partial charge in [0.15, 0.2) is 5.78 Å². The smallest absolute Gasteiger partial charge is 0.875 e. The summed E-state index contributed by atoms with van der Waals surface area (Å²) in [5, 5.41) is 11.9. The van der Waals surface area contributed by atoms with Gasteiger partial charge in [-0.25, -0.2) is 4.39 Å². The molecule has 0 saturated heterocycles. The number of allylic oxidation sites excluding steroid dienone is 1. The van der Waals surface area contributed by atoms with E-state index < -0.39 is 29.4 Å². The van der Waals surface area contributed by atoms with Crippen LogP contribution in [-0.4, -0.2) is 18.4 Å². The molecule has 0 heterocycles. The summed E-state index contributed by atoms with van der Waals surface area (Å²) in [5.41, 5.74) is 0.379. The van der Waals surface area contributed by atoms with E-state index in [0.717, 1.165) is 12.1 Å². The first kappa shape index (κ1) is 19.2. The molecule has 0 saturated carbocycles. The van der Waals surface area contributed by atoms with E-state index in [-0.39, 0.29) is 53.4 Å². The van der Waals surface area contributed by atoms with Crippen LogP contribution >= 0.6 is 11.6 Å². The van der Waals surface area contributed by atoms with Gasteiger partial charge in [-0.15, -0.1) is 5.76 Å². The summed E-state index contributed by atoms with van der Waals surface area (Å²) in [6.07, 6.45) is 0.862. The van der Waals surface area contributed by atoms with Crippen LogP contribution in [0.25, 0.3) is 0 Å². The number of carbonyl (C=O) groups is 2. The number of benzene rings is 1. The van der Waals surface area contributed by atoms with Gasteiger partial charge >= 0.3 is 35.5 Å². The van der Waals surface area contributed by atoms with Crippen LogP contribution in [0.1, 0.15) is 24.8 Å². The Morgan fingerprint density at radius 1 is 1.50 bits per heavy atom. The Hall–Kier alpha value is -0.880. The van der Waals surface area contributed by atoms with E-state index in [1.807, 2.05) is 0 Å². The van der Waals surface area contributed by atoms with Crippen LogP contribution < -0.4 is 34.7 Å². The van der Waals surface area contributed by atoms with E-state index in [4.69, 9.17) is 16.3 Å². The van der Waals surface area contributed by atoms with Crippen LogP contribution in [0.15, 0.2) is 30.0 Å². The first-order valence-electron chi connectivity index (χ1n) is 6.47. The average Bonchev–Trinajstić information content (AvgIpc) is 2.41. The van der Waals surface area contributed by atoms with Gasteiger partial charge in [-0.3, -0.25) is 9.59 Å². The molecule has 1 aliphatic carbocycles. The van der Waals surface area contributed by atoms with Gasteiger partial charge in [-0.05, 0) is 30.7 Å². The maximum absolute atomic E-state index is 13.6. The first-order valence-corrected chi connectivity index (χ1v) is 6.84. The van der Waals surface area contributed by atoms with Gasteiger partial charge in [0.2, 0.25) is 0 Å². The van der Waals surface area contributed by atoms with E-state index in [1.54, 1.807) is 6.92 Å². The Balaban J connectivity index is 0.00000242. The van der Waals surface area contributed by atoms with Crippen molar-refractivity contribution in [3.05, 3.63) is 46.4 Å². The molecular weight excluding hydrogens is 322 g/mol. The Labute approximate surface area is 154 Å². The zero-order valence-electron chi connectivity index (χ0n) is 12.3. The van der Waals surface area contributed by atoms with Crippen molar-refractivity contribution in [3.63, 3.8) is 0 Å². The number of carbonyl (C=O) groups excluding carboxylic acids is 2. The third kappa shape index (κ3) is 4.10. The number of halogens is 2. The second-order valence-electron chi connectivity index (χ2n) is 4.73. The van der Waals surface area contributed by atoms with Crippen molar-refractivity contribution in [1.82, 2.24) is 0 Å². The van der Waals surface area contributed by atoms with Crippen molar-refractivity contribution in [1.29, 1.82) is 0 Å². The molecule has 0 fully saturated rings. The number of rotatable bonds is 3. The van der Waals surface area contributed by atoms with Gasteiger partial charge in [0.05, 0.1) is 17.5 Å². The van der Waals surface area contributed by atoms with Crippen molar-refractivity contribution < 1.29 is 53.4 Å². The second kappa shape index (κ2) is 8.11. The fourth-order valence-electron chi connectivity index (χ4n) is 2.41. The monoisotopic (exact) mass is 334 g/mol. The summed E-state index contributed by atoms with van der Waals surface area (Å²) < 4.78 is 18.5. The van der Waals surface area contributed by atoms with Gasteiger partial charge in [0.25, 0.3) is 0 Å². The molecule has 0 aromatic heterocycles. The van der Waals surface area contributed by atoms with Crippen molar-refractivity contribution in [2.45, 2.75) is 19.3 Å². The van der Waals surface area contributed by atoms with E-state index in [9.17, 15) is 19.1 Å². The standard InChI is InChI=1S/C15H14ClFO4.Na/c1-2-21-15(20)14-10(6-9(18)7-13(14)19)8-3-4-11(16)12(17)5-8;/h3-5,7,10,14,19H,2,6H2,1H3;/q;+1/p-1. The molecule has 0 amide bonds. The van der Waals surface area contributed by atoms with Crippen LogP contribution in [0.4, 0.5) is 4.39 Å². The Kier molecular flexibility index (Phi) is 7.06. The number of esters is 1. The Morgan fingerprint density at radius 3 is 2.77 bits per heavy atom. The Morgan fingerprint density at radius 2 is 2.18 bits per heavy atom. The maximum atomic E-state index is 13.6. The van der Waals surface area contributed by atoms with Crippen molar-refractivity contribution in [2.24, 2.45) is 5.92 Å². The average molecular weight is 335 g/mol. The second-order valence-corrected chi connectivity index (χ2v) is 5.13. The largest absolute Gasteiger partial charge is 1.00 e. The molecule has 112 valence electrons. The molecule has 0 bridgehead atoms. The molecule has 1 aromatic rings. The van der Waals surface area contributed by atoms with Gasteiger partial charge in [0, 0.05) is 12.3 Å². The normalized spacial score (nSPS) is 20.9. The number of hydrogen-bond donors (Lipinski definition) is 0. The minimum atomic E-state index is -1.12. The fourth-order valence-corrected chi connectivity index (χ4v) is 2.52. The molecule has 2 unspecified atom stereocenters. The predicted molar refractivity (Wildman–Crippen MR) is 72.0 cm³/mol. The third-order valence-electron chi connectivity index (χ3n) is 3.35. The summed E-state index contributed by atoms with van der Waals surface area (Å²) in [7, 11) is 0. The SMILES string of the molecule is CCOC(=O)C1C([O-])=CC(=O)CC1c1ccc(Cl)c(F)c1.[Na+]. The molecule has 0 N–H and O–H groups in total. The van der Waals surface area contributed by atoms with E-state index in [0.29, 0.717) is 5.56 Å². The molecule has 2 rings (SSSR count). The number of hydrogen-bond acceptors (Lipinski definition) is 4. The molecule has 7 heteroatoms. The Bertz CT molecular complexity index is 618. The van der Waals surface area contributed by atoms with Gasteiger partial charge in [0.1, 0.15) is 5.82 Å². The first-order chi connectivity index (χ1) is 9.93. The van der Waals surface area contributed by atoms with Gasteiger partial charge < -0.3 is 9.84 Å². The summed E-state index contributed by atoms with van der Waals surface area (Å²) in [4.78, 5) is 23.5. The molecule has 22 heavy (non-hydrogen) atoms. The number of ketones is 1. The van der Waals surface area contributed by atoms with Crippen LogP contribution in [0.2, 0.25) is 5.02 Å². The minimum absolute atomic E-state index is 0. The minimum Gasteiger partial charge on any atom is -0.875 e. The van der Waals surface area contributed by atoms with Gasteiger partial charge in [-0.1, -0.05) is 17.7 Å². The van der Waals surface area contributed by atoms with Crippen LogP contribution in [0, 0.1) is 11.7 Å². The molecule has 0 aliphatic heterocycles. The van der Waals surface area contributed by atoms with Crippen LogP contribution in [0.5, 0.6) is 0 Å². The summed E-state index contributed by atoms with van der Waals surface area (Å²) in [6, 6.07) is 3.99. The molecule has 1 aliphatic rings. The maximum Gasteiger partial charge on any atom is 1.00 e. The molecule has 0 radical (unpaired) electrons. The van der Waals surface area contributed by atoms with E-state index in [2.05, 4.69) is 0 Å². The summed E-state index contributed by atoms with van der Waals surface area (Å²) in [5.74, 6) is -4.21. The fraction of sp³-hybridized carbons (Fsp3) is 0.333. The van der Waals surface area contributed by atoms with E-state index in [1.165, 1.54) is 12.1 Å².